The average molecular weight is 308 g/mol. The van der Waals surface area contributed by atoms with Gasteiger partial charge in [-0.05, 0) is 23.8 Å². The van der Waals surface area contributed by atoms with Crippen LogP contribution < -0.4 is 5.32 Å². The number of rotatable bonds is 2. The number of benzene rings is 2. The van der Waals surface area contributed by atoms with E-state index in [0.29, 0.717) is 21.3 Å². The van der Waals surface area contributed by atoms with Gasteiger partial charge in [0.2, 0.25) is 0 Å². The number of anilines is 1. The van der Waals surface area contributed by atoms with Crippen LogP contribution in [0, 0.1) is 0 Å². The van der Waals surface area contributed by atoms with Crippen LogP contribution in [0.4, 0.5) is 5.69 Å². The third kappa shape index (κ3) is 2.08. The Balaban J connectivity index is 2.00. The summed E-state index contributed by atoms with van der Waals surface area (Å²) in [5.74, 6) is -0.426. The second-order valence-electron chi connectivity index (χ2n) is 4.79. The van der Waals surface area contributed by atoms with Crippen molar-refractivity contribution in [3.8, 4) is 0 Å². The van der Waals surface area contributed by atoms with Crippen molar-refractivity contribution in [2.45, 2.75) is 12.0 Å². The summed E-state index contributed by atoms with van der Waals surface area (Å²) < 4.78 is 0. The maximum Gasteiger partial charge on any atom is 0.261 e. The zero-order valence-electron chi connectivity index (χ0n) is 10.4. The summed E-state index contributed by atoms with van der Waals surface area (Å²) in [4.78, 5) is 12.1. The van der Waals surface area contributed by atoms with Gasteiger partial charge in [0.15, 0.2) is 5.60 Å². The number of fused-ring (bicyclic) bond motifs is 1. The minimum absolute atomic E-state index is 0.146. The summed E-state index contributed by atoms with van der Waals surface area (Å²) in [6.45, 7) is 0. The Labute approximate surface area is 126 Å². The normalized spacial score (nSPS) is 20.6. The fraction of sp³-hybridized carbons (Fsp3) is 0.133. The first-order valence-corrected chi connectivity index (χ1v) is 6.83. The first-order valence-electron chi connectivity index (χ1n) is 6.08. The Morgan fingerprint density at radius 3 is 2.60 bits per heavy atom. The molecule has 2 N–H and O–H groups in total. The Morgan fingerprint density at radius 2 is 1.85 bits per heavy atom. The van der Waals surface area contributed by atoms with E-state index in [1.165, 1.54) is 0 Å². The highest BCUT2D eigenvalue weighted by molar-refractivity contribution is 6.42. The fourth-order valence-corrected chi connectivity index (χ4v) is 2.74. The lowest BCUT2D eigenvalue weighted by Crippen LogP contribution is -2.36. The van der Waals surface area contributed by atoms with Crippen LogP contribution in [-0.4, -0.2) is 11.0 Å². The van der Waals surface area contributed by atoms with Crippen LogP contribution in [0.5, 0.6) is 0 Å². The molecule has 1 unspecified atom stereocenters. The third-order valence-electron chi connectivity index (χ3n) is 3.44. The van der Waals surface area contributed by atoms with Gasteiger partial charge < -0.3 is 10.4 Å². The summed E-state index contributed by atoms with van der Waals surface area (Å²) in [6.07, 6.45) is 0.146. The topological polar surface area (TPSA) is 49.3 Å². The molecule has 20 heavy (non-hydrogen) atoms. The number of hydrogen-bond donors (Lipinski definition) is 2. The average Bonchev–Trinajstić information content (AvgIpc) is 2.67. The molecule has 3 nitrogen and oxygen atoms in total. The van der Waals surface area contributed by atoms with Gasteiger partial charge in [-0.15, -0.1) is 0 Å². The molecular weight excluding hydrogens is 297 g/mol. The molecular formula is C15H11Cl2NO2. The van der Waals surface area contributed by atoms with Gasteiger partial charge >= 0.3 is 0 Å². The Morgan fingerprint density at radius 1 is 1.10 bits per heavy atom. The van der Waals surface area contributed by atoms with Crippen molar-refractivity contribution in [2.75, 3.05) is 5.32 Å². The van der Waals surface area contributed by atoms with Gasteiger partial charge in [0.05, 0.1) is 10.0 Å². The quantitative estimate of drug-likeness (QED) is 0.893. The summed E-state index contributed by atoms with van der Waals surface area (Å²) in [5, 5.41) is 14.3. The summed E-state index contributed by atoms with van der Waals surface area (Å²) in [7, 11) is 0. The van der Waals surface area contributed by atoms with Gasteiger partial charge in [0.1, 0.15) is 0 Å². The molecule has 0 aliphatic carbocycles. The van der Waals surface area contributed by atoms with E-state index < -0.39 is 11.5 Å². The zero-order valence-corrected chi connectivity index (χ0v) is 11.9. The second kappa shape index (κ2) is 4.77. The van der Waals surface area contributed by atoms with Crippen LogP contribution in [0.3, 0.4) is 0 Å². The van der Waals surface area contributed by atoms with Gasteiger partial charge in [0.25, 0.3) is 5.91 Å². The molecule has 2 aromatic carbocycles. The van der Waals surface area contributed by atoms with Crippen molar-refractivity contribution in [2.24, 2.45) is 0 Å². The lowest BCUT2D eigenvalue weighted by atomic mass is 9.88. The number of para-hydroxylation sites is 1. The maximum absolute atomic E-state index is 12.1. The van der Waals surface area contributed by atoms with Gasteiger partial charge in [-0.3, -0.25) is 4.79 Å². The number of hydrogen-bond acceptors (Lipinski definition) is 2. The summed E-state index contributed by atoms with van der Waals surface area (Å²) >= 11 is 11.8. The third-order valence-corrected chi connectivity index (χ3v) is 4.18. The molecule has 0 saturated carbocycles. The monoisotopic (exact) mass is 307 g/mol. The number of aliphatic hydroxyl groups is 1. The minimum Gasteiger partial charge on any atom is -0.375 e. The van der Waals surface area contributed by atoms with E-state index >= 15 is 0 Å². The van der Waals surface area contributed by atoms with Crippen molar-refractivity contribution in [3.63, 3.8) is 0 Å². The molecule has 0 spiro atoms. The van der Waals surface area contributed by atoms with Crippen molar-refractivity contribution in [1.29, 1.82) is 0 Å². The van der Waals surface area contributed by atoms with Gasteiger partial charge in [0, 0.05) is 17.7 Å². The van der Waals surface area contributed by atoms with Crippen molar-refractivity contribution >= 4 is 34.8 Å². The summed E-state index contributed by atoms with van der Waals surface area (Å²) in [6, 6.07) is 12.2. The van der Waals surface area contributed by atoms with Crippen LogP contribution in [0.15, 0.2) is 42.5 Å². The molecule has 1 heterocycles. The van der Waals surface area contributed by atoms with Gasteiger partial charge in [-0.1, -0.05) is 47.5 Å². The van der Waals surface area contributed by atoms with E-state index in [1.807, 2.05) is 6.07 Å². The van der Waals surface area contributed by atoms with Gasteiger partial charge in [-0.25, -0.2) is 0 Å². The maximum atomic E-state index is 12.1. The summed E-state index contributed by atoms with van der Waals surface area (Å²) in [5.41, 5.74) is 0.387. The highest BCUT2D eigenvalue weighted by atomic mass is 35.5. The van der Waals surface area contributed by atoms with Crippen LogP contribution in [-0.2, 0) is 16.8 Å². The standard InChI is InChI=1S/C15H11Cl2NO2/c16-11-6-5-9(7-12(11)17)8-15(20)10-3-1-2-4-13(10)18-14(15)19/h1-7,20H,8H2,(H,18,19). The van der Waals surface area contributed by atoms with Crippen molar-refractivity contribution < 1.29 is 9.90 Å². The predicted octanol–water partition coefficient (Wildman–Crippen LogP) is 3.38. The smallest absolute Gasteiger partial charge is 0.261 e. The molecule has 0 fully saturated rings. The van der Waals surface area contributed by atoms with Crippen molar-refractivity contribution in [1.82, 2.24) is 0 Å². The molecule has 1 amide bonds. The number of nitrogens with one attached hydrogen (secondary N) is 1. The molecule has 3 rings (SSSR count). The lowest BCUT2D eigenvalue weighted by Gasteiger charge is -2.21. The van der Waals surface area contributed by atoms with Gasteiger partial charge in [-0.2, -0.15) is 0 Å². The van der Waals surface area contributed by atoms with E-state index in [4.69, 9.17) is 23.2 Å². The predicted molar refractivity (Wildman–Crippen MR) is 79.1 cm³/mol. The highest BCUT2D eigenvalue weighted by Gasteiger charge is 2.44. The zero-order chi connectivity index (χ0) is 14.3. The molecule has 2 aromatic rings. The Hall–Kier alpha value is -1.55. The minimum atomic E-state index is -1.58. The molecule has 0 bridgehead atoms. The van der Waals surface area contributed by atoms with E-state index in [9.17, 15) is 9.90 Å². The van der Waals surface area contributed by atoms with E-state index in [-0.39, 0.29) is 6.42 Å². The Kier molecular flexibility index (Phi) is 3.21. The van der Waals surface area contributed by atoms with Crippen LogP contribution in [0.25, 0.3) is 0 Å². The van der Waals surface area contributed by atoms with Crippen molar-refractivity contribution in [3.05, 3.63) is 63.6 Å². The molecule has 1 aliphatic heterocycles. The first kappa shape index (κ1) is 13.4. The largest absolute Gasteiger partial charge is 0.375 e. The molecule has 5 heteroatoms. The van der Waals surface area contributed by atoms with Crippen LogP contribution in [0.2, 0.25) is 10.0 Å². The number of carbonyl (C=O) groups excluding carboxylic acids is 1. The van der Waals surface area contributed by atoms with E-state index in [0.717, 1.165) is 5.56 Å². The number of amides is 1. The number of carbonyl (C=O) groups is 1. The lowest BCUT2D eigenvalue weighted by molar-refractivity contribution is -0.133. The molecule has 102 valence electrons. The molecule has 0 saturated heterocycles. The second-order valence-corrected chi connectivity index (χ2v) is 5.60. The molecule has 1 aliphatic rings. The fourth-order valence-electron chi connectivity index (χ4n) is 2.42. The molecule has 0 radical (unpaired) electrons. The SMILES string of the molecule is O=C1Nc2ccccc2C1(O)Cc1ccc(Cl)c(Cl)c1. The van der Waals surface area contributed by atoms with E-state index in [1.54, 1.807) is 36.4 Å². The molecule has 1 atom stereocenters. The van der Waals surface area contributed by atoms with Crippen LogP contribution in [0.1, 0.15) is 11.1 Å². The Bertz CT molecular complexity index is 702. The molecule has 0 aromatic heterocycles. The first-order chi connectivity index (χ1) is 9.50. The number of halogens is 2. The van der Waals surface area contributed by atoms with E-state index in [2.05, 4.69) is 5.32 Å². The van der Waals surface area contributed by atoms with Crippen LogP contribution >= 0.6 is 23.2 Å². The highest BCUT2D eigenvalue weighted by Crippen LogP contribution is 2.38.